The molecule has 0 unspecified atom stereocenters. The highest BCUT2D eigenvalue weighted by Gasteiger charge is 2.31. The molecule has 1 aliphatic carbocycles. The van der Waals surface area contributed by atoms with Gasteiger partial charge < -0.3 is 25.2 Å². The Kier molecular flexibility index (Phi) is 7.41. The zero-order valence-electron chi connectivity index (χ0n) is 20.7. The van der Waals surface area contributed by atoms with Crippen molar-refractivity contribution in [2.24, 2.45) is 0 Å². The van der Waals surface area contributed by atoms with E-state index in [1.165, 1.54) is 18.2 Å². The molecule has 0 atom stereocenters. The molecular formula is C25H27N9O4. The number of pyridine rings is 1. The fraction of sp³-hybridized carbons (Fsp3) is 0.400. The van der Waals surface area contributed by atoms with Crippen LogP contribution < -0.4 is 20.3 Å². The molecule has 196 valence electrons. The fourth-order valence-electron chi connectivity index (χ4n) is 4.53. The van der Waals surface area contributed by atoms with Crippen molar-refractivity contribution in [2.75, 3.05) is 35.9 Å². The lowest BCUT2D eigenvalue weighted by molar-refractivity contribution is 0.0209. The van der Waals surface area contributed by atoms with E-state index in [4.69, 9.17) is 9.47 Å². The second-order valence-electron chi connectivity index (χ2n) is 9.11. The molecule has 13 heteroatoms. The molecule has 2 aliphatic rings. The van der Waals surface area contributed by atoms with Gasteiger partial charge in [-0.1, -0.05) is 0 Å². The third-order valence-electron chi connectivity index (χ3n) is 6.63. The standard InChI is InChI=1S/C25H27N9O4/c1-37-24-29-11-17(12-30-24)15-2-7-21(27-9-15)34(25(35)36)20-5-3-18(4-6-20)32-23-28-10-16(8-26)22(33-23)31-19-13-38-14-19/h2,7,9-12,18-20H,3-6,13-14H2,1H3,(H,35,36)(H2,28,31,32,33). The normalized spacial score (nSPS) is 19.1. The Balaban J connectivity index is 1.21. The van der Waals surface area contributed by atoms with E-state index >= 15 is 0 Å². The summed E-state index contributed by atoms with van der Waals surface area (Å²) in [7, 11) is 1.50. The maximum absolute atomic E-state index is 12.2. The summed E-state index contributed by atoms with van der Waals surface area (Å²) >= 11 is 0. The molecule has 2 fully saturated rings. The average Bonchev–Trinajstić information content (AvgIpc) is 2.92. The Morgan fingerprint density at radius 2 is 1.76 bits per heavy atom. The van der Waals surface area contributed by atoms with Crippen LogP contribution in [0.15, 0.2) is 36.9 Å². The Morgan fingerprint density at radius 3 is 2.34 bits per heavy atom. The minimum atomic E-state index is -1.04. The lowest BCUT2D eigenvalue weighted by atomic mass is 9.90. The van der Waals surface area contributed by atoms with Crippen LogP contribution in [0.2, 0.25) is 0 Å². The SMILES string of the molecule is COc1ncc(-c2ccc(N(C(=O)O)C3CCC(Nc4ncc(C#N)c(NC5COC5)n4)CC3)nc2)cn1. The van der Waals surface area contributed by atoms with E-state index in [0.717, 1.165) is 24.0 Å². The van der Waals surface area contributed by atoms with Crippen molar-refractivity contribution in [1.82, 2.24) is 24.9 Å². The van der Waals surface area contributed by atoms with Crippen LogP contribution in [0, 0.1) is 11.3 Å². The molecule has 5 rings (SSSR count). The zero-order chi connectivity index (χ0) is 26.5. The largest absolute Gasteiger partial charge is 0.467 e. The monoisotopic (exact) mass is 517 g/mol. The third-order valence-corrected chi connectivity index (χ3v) is 6.63. The van der Waals surface area contributed by atoms with E-state index in [1.807, 2.05) is 0 Å². The van der Waals surface area contributed by atoms with Crippen LogP contribution in [-0.2, 0) is 4.74 Å². The summed E-state index contributed by atoms with van der Waals surface area (Å²) in [6.07, 6.45) is 8.11. The summed E-state index contributed by atoms with van der Waals surface area (Å²) in [5.74, 6) is 1.29. The van der Waals surface area contributed by atoms with Crippen molar-refractivity contribution in [3.8, 4) is 23.2 Å². The van der Waals surface area contributed by atoms with Crippen molar-refractivity contribution in [3.05, 3.63) is 42.5 Å². The first kappa shape index (κ1) is 25.1. The molecule has 1 aliphatic heterocycles. The van der Waals surface area contributed by atoms with E-state index < -0.39 is 6.09 Å². The van der Waals surface area contributed by atoms with Crippen LogP contribution in [0.4, 0.5) is 22.4 Å². The summed E-state index contributed by atoms with van der Waals surface area (Å²) in [4.78, 5) is 34.9. The molecule has 1 saturated carbocycles. The van der Waals surface area contributed by atoms with Gasteiger partial charge in [-0.25, -0.2) is 24.7 Å². The molecule has 0 aromatic carbocycles. The number of nitrogens with zero attached hydrogens (tertiary/aromatic N) is 7. The third kappa shape index (κ3) is 5.55. The molecule has 4 heterocycles. The van der Waals surface area contributed by atoms with Gasteiger partial charge in [-0.15, -0.1) is 0 Å². The topological polar surface area (TPSA) is 171 Å². The van der Waals surface area contributed by atoms with E-state index in [0.29, 0.717) is 49.2 Å². The maximum Gasteiger partial charge on any atom is 0.413 e. The molecule has 0 bridgehead atoms. The number of hydrogen-bond acceptors (Lipinski definition) is 11. The number of rotatable bonds is 8. The van der Waals surface area contributed by atoms with Gasteiger partial charge in [0.25, 0.3) is 0 Å². The molecule has 3 aromatic rings. The Hall–Kier alpha value is -4.57. The quantitative estimate of drug-likeness (QED) is 0.399. The fourth-order valence-corrected chi connectivity index (χ4v) is 4.53. The number of methoxy groups -OCH3 is 1. The van der Waals surface area contributed by atoms with E-state index in [9.17, 15) is 15.2 Å². The number of carbonyl (C=O) groups is 1. The maximum atomic E-state index is 12.2. The van der Waals surface area contributed by atoms with Crippen LogP contribution in [0.5, 0.6) is 6.01 Å². The van der Waals surface area contributed by atoms with Gasteiger partial charge in [-0.3, -0.25) is 4.90 Å². The van der Waals surface area contributed by atoms with Gasteiger partial charge in [0.1, 0.15) is 23.3 Å². The summed E-state index contributed by atoms with van der Waals surface area (Å²) < 4.78 is 10.2. The molecular weight excluding hydrogens is 490 g/mol. The van der Waals surface area contributed by atoms with Crippen LogP contribution >= 0.6 is 0 Å². The first-order chi connectivity index (χ1) is 18.5. The predicted molar refractivity (Wildman–Crippen MR) is 137 cm³/mol. The van der Waals surface area contributed by atoms with Gasteiger partial charge >= 0.3 is 12.1 Å². The van der Waals surface area contributed by atoms with Gasteiger partial charge in [0, 0.05) is 41.8 Å². The van der Waals surface area contributed by atoms with Gasteiger partial charge in [-0.05, 0) is 37.8 Å². The summed E-state index contributed by atoms with van der Waals surface area (Å²) in [6, 6.07) is 5.90. The second-order valence-corrected chi connectivity index (χ2v) is 9.11. The molecule has 0 radical (unpaired) electrons. The number of amides is 1. The molecule has 1 amide bonds. The summed E-state index contributed by atoms with van der Waals surface area (Å²) in [6.45, 7) is 1.16. The zero-order valence-corrected chi connectivity index (χ0v) is 20.7. The van der Waals surface area contributed by atoms with E-state index in [-0.39, 0.29) is 24.1 Å². The highest BCUT2D eigenvalue weighted by Crippen LogP contribution is 2.29. The minimum Gasteiger partial charge on any atom is -0.467 e. The van der Waals surface area contributed by atoms with Gasteiger partial charge in [-0.2, -0.15) is 10.2 Å². The number of anilines is 3. The number of nitrogens with one attached hydrogen (secondary N) is 2. The highest BCUT2D eigenvalue weighted by molar-refractivity contribution is 5.85. The van der Waals surface area contributed by atoms with Crippen LogP contribution in [0.1, 0.15) is 31.2 Å². The van der Waals surface area contributed by atoms with Crippen molar-refractivity contribution in [2.45, 2.75) is 43.8 Å². The lowest BCUT2D eigenvalue weighted by Gasteiger charge is -2.35. The Labute approximate surface area is 218 Å². The minimum absolute atomic E-state index is 0.0834. The van der Waals surface area contributed by atoms with Crippen LogP contribution in [0.3, 0.4) is 0 Å². The predicted octanol–water partition coefficient (Wildman–Crippen LogP) is 2.93. The van der Waals surface area contributed by atoms with Crippen LogP contribution in [0.25, 0.3) is 11.1 Å². The first-order valence-electron chi connectivity index (χ1n) is 12.3. The number of hydrogen-bond donors (Lipinski definition) is 3. The molecule has 13 nitrogen and oxygen atoms in total. The van der Waals surface area contributed by atoms with Gasteiger partial charge in [0.05, 0.1) is 32.6 Å². The van der Waals surface area contributed by atoms with E-state index in [1.54, 1.807) is 30.7 Å². The van der Waals surface area contributed by atoms with Crippen molar-refractivity contribution in [1.29, 1.82) is 5.26 Å². The summed E-state index contributed by atoms with van der Waals surface area (Å²) in [5, 5.41) is 25.9. The molecule has 1 saturated heterocycles. The Bertz CT molecular complexity index is 1300. The smallest absolute Gasteiger partial charge is 0.413 e. The number of ether oxygens (including phenoxy) is 2. The summed E-state index contributed by atoms with van der Waals surface area (Å²) in [5.41, 5.74) is 1.90. The van der Waals surface area contributed by atoms with Gasteiger partial charge in [0.2, 0.25) is 5.95 Å². The second kappa shape index (κ2) is 11.2. The lowest BCUT2D eigenvalue weighted by Crippen LogP contribution is -2.44. The van der Waals surface area contributed by atoms with E-state index in [2.05, 4.69) is 41.6 Å². The number of nitriles is 1. The number of carboxylic acid groups (broad SMARTS) is 1. The molecule has 3 aromatic heterocycles. The molecule has 0 spiro atoms. The highest BCUT2D eigenvalue weighted by atomic mass is 16.5. The van der Waals surface area contributed by atoms with Crippen molar-refractivity contribution >= 4 is 23.7 Å². The average molecular weight is 518 g/mol. The first-order valence-corrected chi connectivity index (χ1v) is 12.3. The van der Waals surface area contributed by atoms with Crippen molar-refractivity contribution < 1.29 is 19.4 Å². The molecule has 38 heavy (non-hydrogen) atoms. The Morgan fingerprint density at radius 1 is 1.03 bits per heavy atom. The van der Waals surface area contributed by atoms with Crippen LogP contribution in [-0.4, -0.2) is 74.6 Å². The van der Waals surface area contributed by atoms with Crippen molar-refractivity contribution in [3.63, 3.8) is 0 Å². The molecule has 3 N–H and O–H groups in total. The van der Waals surface area contributed by atoms with Gasteiger partial charge in [0.15, 0.2) is 0 Å². The number of aromatic nitrogens is 5.